The van der Waals surface area contributed by atoms with Crippen LogP contribution in [-0.4, -0.2) is 48.4 Å². The van der Waals surface area contributed by atoms with Gasteiger partial charge >= 0.3 is 5.97 Å². The van der Waals surface area contributed by atoms with Gasteiger partial charge in [-0.3, -0.25) is 0 Å². The first-order valence-corrected chi connectivity index (χ1v) is 5.06. The summed E-state index contributed by atoms with van der Waals surface area (Å²) in [6.07, 6.45) is -0.628. The Kier molecular flexibility index (Phi) is 3.08. The number of rotatable bonds is 4. The van der Waals surface area contributed by atoms with Gasteiger partial charge in [-0.25, -0.2) is 9.36 Å². The van der Waals surface area contributed by atoms with Crippen molar-refractivity contribution in [3.8, 4) is 0 Å². The minimum absolute atomic E-state index is 0.165. The normalized spacial score (nSPS) is 14.6. The van der Waals surface area contributed by atoms with E-state index < -0.39 is 18.2 Å². The molecule has 0 unspecified atom stereocenters. The molecule has 2 atom stereocenters. The third kappa shape index (κ3) is 2.08. The lowest BCUT2D eigenvalue weighted by atomic mass is 10.2. The Bertz CT molecular complexity index is 583. The molecule has 0 spiro atoms. The van der Waals surface area contributed by atoms with Crippen LogP contribution in [0.1, 0.15) is 0 Å². The maximum atomic E-state index is 10.5. The van der Waals surface area contributed by atoms with Gasteiger partial charge < -0.3 is 26.0 Å². The fourth-order valence-electron chi connectivity index (χ4n) is 1.54. The lowest BCUT2D eigenvalue weighted by molar-refractivity contribution is -0.683. The van der Waals surface area contributed by atoms with Crippen molar-refractivity contribution in [2.24, 2.45) is 0 Å². The molecule has 0 amide bonds. The Hall–Kier alpha value is -2.26. The second-order valence-electron chi connectivity index (χ2n) is 3.73. The number of hydrogen-bond donors (Lipinski definition) is 5. The first-order valence-electron chi connectivity index (χ1n) is 5.06. The Morgan fingerprint density at radius 2 is 2.22 bits per heavy atom. The van der Waals surface area contributed by atoms with Crippen LogP contribution in [0.4, 0.5) is 5.82 Å². The van der Waals surface area contributed by atoms with Gasteiger partial charge in [-0.05, 0) is 0 Å². The largest absolute Gasteiger partial charge is 0.479 e. The van der Waals surface area contributed by atoms with Crippen molar-refractivity contribution in [3.63, 3.8) is 0 Å². The topological polar surface area (TPSA) is 149 Å². The van der Waals surface area contributed by atoms with Crippen molar-refractivity contribution >= 4 is 23.0 Å². The number of imidazole rings is 1. The molecule has 2 rings (SSSR count). The smallest absolute Gasteiger partial charge is 0.335 e. The predicted molar refractivity (Wildman–Crippen MR) is 58.1 cm³/mol. The summed E-state index contributed by atoms with van der Waals surface area (Å²) in [5, 5.41) is 27.3. The molecule has 18 heavy (non-hydrogen) atoms. The van der Waals surface area contributed by atoms with Crippen LogP contribution in [0, 0.1) is 0 Å². The predicted octanol–water partition coefficient (Wildman–Crippen LogP) is -2.37. The highest BCUT2D eigenvalue weighted by Gasteiger charge is 2.26. The van der Waals surface area contributed by atoms with Crippen molar-refractivity contribution < 1.29 is 24.7 Å². The van der Waals surface area contributed by atoms with Gasteiger partial charge in [0, 0.05) is 0 Å². The molecule has 2 aromatic rings. The molecule has 0 saturated heterocycles. The minimum atomic E-state index is -1.87. The summed E-state index contributed by atoms with van der Waals surface area (Å²) in [5.41, 5.74) is 6.50. The summed E-state index contributed by atoms with van der Waals surface area (Å²) < 4.78 is 1.40. The molecule has 2 heterocycles. The number of anilines is 1. The number of aliphatic hydroxyl groups excluding tert-OH is 2. The van der Waals surface area contributed by atoms with Crippen LogP contribution < -0.4 is 10.3 Å². The van der Waals surface area contributed by atoms with E-state index in [0.29, 0.717) is 11.2 Å². The molecular weight excluding hydrogens is 242 g/mol. The fraction of sp³-hybridized carbons (Fsp3) is 0.333. The zero-order valence-corrected chi connectivity index (χ0v) is 9.19. The van der Waals surface area contributed by atoms with E-state index in [1.54, 1.807) is 0 Å². The van der Waals surface area contributed by atoms with Crippen LogP contribution in [0.2, 0.25) is 0 Å². The number of carboxylic acids is 1. The number of carboxylic acid groups (broad SMARTS) is 1. The zero-order valence-electron chi connectivity index (χ0n) is 9.19. The number of aromatic nitrogens is 4. The Morgan fingerprint density at radius 1 is 1.50 bits per heavy atom. The van der Waals surface area contributed by atoms with E-state index in [0.717, 1.165) is 0 Å². The second kappa shape index (κ2) is 4.55. The van der Waals surface area contributed by atoms with Crippen LogP contribution >= 0.6 is 0 Å². The number of nitrogens with one attached hydrogen (secondary N) is 1. The number of aliphatic hydroxyl groups is 2. The van der Waals surface area contributed by atoms with Crippen molar-refractivity contribution in [2.45, 2.75) is 18.8 Å². The van der Waals surface area contributed by atoms with Gasteiger partial charge in [0.15, 0.2) is 17.9 Å². The number of hydrogen-bond acceptors (Lipinski definition) is 6. The van der Waals surface area contributed by atoms with Crippen molar-refractivity contribution in [2.75, 3.05) is 5.73 Å². The highest BCUT2D eigenvalue weighted by molar-refractivity contribution is 5.78. The first-order chi connectivity index (χ1) is 8.50. The van der Waals surface area contributed by atoms with E-state index in [2.05, 4.69) is 15.0 Å². The van der Waals surface area contributed by atoms with Gasteiger partial charge in [0.05, 0.1) is 0 Å². The van der Waals surface area contributed by atoms with Gasteiger partial charge in [0.1, 0.15) is 12.6 Å². The number of H-pyrrole nitrogens is 1. The number of aromatic amines is 1. The number of carbonyl (C=O) groups is 1. The van der Waals surface area contributed by atoms with Gasteiger partial charge in [-0.1, -0.05) is 9.97 Å². The molecule has 0 aliphatic rings. The summed E-state index contributed by atoms with van der Waals surface area (Å²) in [6, 6.07) is 0. The van der Waals surface area contributed by atoms with E-state index >= 15 is 0 Å². The molecular formula is C9H12N5O4+. The van der Waals surface area contributed by atoms with Crippen LogP contribution in [0.3, 0.4) is 0 Å². The maximum Gasteiger partial charge on any atom is 0.335 e. The quantitative estimate of drug-likeness (QED) is 0.383. The Morgan fingerprint density at radius 3 is 2.89 bits per heavy atom. The van der Waals surface area contributed by atoms with Gasteiger partial charge in [0.25, 0.3) is 5.65 Å². The molecule has 0 bridgehead atoms. The van der Waals surface area contributed by atoms with Gasteiger partial charge in [0.2, 0.25) is 12.1 Å². The number of fused-ring (bicyclic) bond motifs is 1. The van der Waals surface area contributed by atoms with Gasteiger partial charge in [-0.2, -0.15) is 0 Å². The summed E-state index contributed by atoms with van der Waals surface area (Å²) in [7, 11) is 0. The molecule has 0 aromatic carbocycles. The van der Waals surface area contributed by atoms with Crippen LogP contribution in [0.25, 0.3) is 11.2 Å². The standard InChI is InChI=1S/C9H11N5O4/c10-7-5-8(12-2-11-5)14(3-13-7)1-4(15)6(16)9(17)18/h2-4,6,15-16H,1H2,(H3,10,11,12,17,18)/p+1/t4-,6+/m0/s1. The third-order valence-electron chi connectivity index (χ3n) is 2.48. The molecule has 0 saturated carbocycles. The molecule has 6 N–H and O–H groups in total. The summed E-state index contributed by atoms with van der Waals surface area (Å²) in [4.78, 5) is 21.1. The van der Waals surface area contributed by atoms with Crippen molar-refractivity contribution in [1.82, 2.24) is 15.0 Å². The minimum Gasteiger partial charge on any atom is -0.479 e. The van der Waals surface area contributed by atoms with Crippen molar-refractivity contribution in [1.29, 1.82) is 0 Å². The Labute approximate surface area is 101 Å². The second-order valence-corrected chi connectivity index (χ2v) is 3.73. The summed E-state index contributed by atoms with van der Waals surface area (Å²) >= 11 is 0. The van der Waals surface area contributed by atoms with Gasteiger partial charge in [-0.15, -0.1) is 0 Å². The van der Waals surface area contributed by atoms with E-state index in [1.807, 2.05) is 0 Å². The number of aliphatic carboxylic acids is 1. The van der Waals surface area contributed by atoms with E-state index in [9.17, 15) is 15.0 Å². The van der Waals surface area contributed by atoms with E-state index in [1.165, 1.54) is 17.2 Å². The highest BCUT2D eigenvalue weighted by atomic mass is 16.4. The lowest BCUT2D eigenvalue weighted by Gasteiger charge is -2.12. The molecule has 2 aromatic heterocycles. The number of nitrogens with two attached hydrogens (primary N) is 1. The van der Waals surface area contributed by atoms with E-state index in [4.69, 9.17) is 10.8 Å². The number of nitrogens with zero attached hydrogens (tertiary/aromatic N) is 3. The molecule has 9 nitrogen and oxygen atoms in total. The third-order valence-corrected chi connectivity index (χ3v) is 2.48. The average Bonchev–Trinajstić information content (AvgIpc) is 2.81. The number of nitrogen functional groups attached to an aromatic ring is 1. The monoisotopic (exact) mass is 254 g/mol. The fourth-order valence-corrected chi connectivity index (χ4v) is 1.54. The zero-order chi connectivity index (χ0) is 13.3. The molecule has 0 aliphatic heterocycles. The molecule has 96 valence electrons. The van der Waals surface area contributed by atoms with Crippen LogP contribution in [0.5, 0.6) is 0 Å². The molecule has 9 heteroatoms. The molecule has 0 radical (unpaired) electrons. The van der Waals surface area contributed by atoms with Crippen molar-refractivity contribution in [3.05, 3.63) is 12.7 Å². The molecule has 0 fully saturated rings. The molecule has 0 aliphatic carbocycles. The SMILES string of the molecule is Nc1nc[n+](C[C@H](O)[C@@H](O)C(=O)O)c2nc[nH]c12. The van der Waals surface area contributed by atoms with E-state index in [-0.39, 0.29) is 12.4 Å². The Balaban J connectivity index is 2.30. The average molecular weight is 254 g/mol. The maximum absolute atomic E-state index is 10.5. The van der Waals surface area contributed by atoms with Crippen LogP contribution in [-0.2, 0) is 11.3 Å². The lowest BCUT2D eigenvalue weighted by Crippen LogP contribution is -2.47. The first kappa shape index (κ1) is 12.2. The highest BCUT2D eigenvalue weighted by Crippen LogP contribution is 2.09. The summed E-state index contributed by atoms with van der Waals surface area (Å²) in [6.45, 7) is -0.165. The van der Waals surface area contributed by atoms with Crippen LogP contribution in [0.15, 0.2) is 12.7 Å². The summed E-state index contributed by atoms with van der Waals surface area (Å²) in [5.74, 6) is -1.25.